The van der Waals surface area contributed by atoms with Crippen molar-refractivity contribution in [2.75, 3.05) is 0 Å². The highest BCUT2D eigenvalue weighted by Gasteiger charge is 2.22. The first-order valence-electron chi connectivity index (χ1n) is 5.44. The molecule has 2 aromatic rings. The SMILES string of the molecule is OC1c2ccccc2COc2ccc(Cl)cc21. The van der Waals surface area contributed by atoms with E-state index in [1.807, 2.05) is 24.3 Å². The fourth-order valence-electron chi connectivity index (χ4n) is 2.12. The minimum atomic E-state index is -0.678. The first-order chi connectivity index (χ1) is 8.25. The highest BCUT2D eigenvalue weighted by atomic mass is 35.5. The van der Waals surface area contributed by atoms with Crippen molar-refractivity contribution in [2.24, 2.45) is 0 Å². The summed E-state index contributed by atoms with van der Waals surface area (Å²) >= 11 is 5.96. The highest BCUT2D eigenvalue weighted by molar-refractivity contribution is 6.30. The smallest absolute Gasteiger partial charge is 0.126 e. The molecule has 3 rings (SSSR count). The van der Waals surface area contributed by atoms with Crippen LogP contribution in [0.1, 0.15) is 22.8 Å². The van der Waals surface area contributed by atoms with Gasteiger partial charge in [-0.3, -0.25) is 0 Å². The van der Waals surface area contributed by atoms with Crippen molar-refractivity contribution in [2.45, 2.75) is 12.7 Å². The molecule has 1 heterocycles. The number of halogens is 1. The van der Waals surface area contributed by atoms with E-state index in [2.05, 4.69) is 0 Å². The number of benzene rings is 2. The van der Waals surface area contributed by atoms with Crippen LogP contribution in [0.2, 0.25) is 5.02 Å². The number of fused-ring (bicyclic) bond motifs is 2. The van der Waals surface area contributed by atoms with Gasteiger partial charge in [-0.25, -0.2) is 0 Å². The first-order valence-corrected chi connectivity index (χ1v) is 5.81. The molecule has 1 unspecified atom stereocenters. The van der Waals surface area contributed by atoms with E-state index < -0.39 is 6.10 Å². The lowest BCUT2D eigenvalue weighted by Gasteiger charge is -2.12. The van der Waals surface area contributed by atoms with Gasteiger partial charge >= 0.3 is 0 Å². The van der Waals surface area contributed by atoms with E-state index in [-0.39, 0.29) is 0 Å². The second-order valence-electron chi connectivity index (χ2n) is 4.07. The molecule has 0 amide bonds. The summed E-state index contributed by atoms with van der Waals surface area (Å²) in [6.45, 7) is 0.474. The summed E-state index contributed by atoms with van der Waals surface area (Å²) in [6, 6.07) is 13.1. The molecule has 0 aliphatic carbocycles. The quantitative estimate of drug-likeness (QED) is 0.773. The van der Waals surface area contributed by atoms with Gasteiger partial charge in [-0.15, -0.1) is 0 Å². The molecule has 0 saturated carbocycles. The molecular formula is C14H11ClO2. The molecule has 17 heavy (non-hydrogen) atoms. The van der Waals surface area contributed by atoms with Gasteiger partial charge in [0.05, 0.1) is 0 Å². The third-order valence-electron chi connectivity index (χ3n) is 3.00. The Bertz CT molecular complexity index is 566. The van der Waals surface area contributed by atoms with E-state index in [1.54, 1.807) is 18.2 Å². The maximum atomic E-state index is 10.4. The Morgan fingerprint density at radius 2 is 1.94 bits per heavy atom. The number of aliphatic hydroxyl groups excluding tert-OH is 1. The molecular weight excluding hydrogens is 236 g/mol. The lowest BCUT2D eigenvalue weighted by Crippen LogP contribution is -2.00. The van der Waals surface area contributed by atoms with Crippen molar-refractivity contribution in [1.29, 1.82) is 0 Å². The van der Waals surface area contributed by atoms with Crippen LogP contribution in [0, 0.1) is 0 Å². The van der Waals surface area contributed by atoms with Crippen LogP contribution in [0.15, 0.2) is 42.5 Å². The molecule has 1 N–H and O–H groups in total. The average molecular weight is 247 g/mol. The maximum Gasteiger partial charge on any atom is 0.126 e. The van der Waals surface area contributed by atoms with E-state index in [0.717, 1.165) is 16.7 Å². The third kappa shape index (κ3) is 1.79. The molecule has 0 spiro atoms. The highest BCUT2D eigenvalue weighted by Crippen LogP contribution is 2.36. The van der Waals surface area contributed by atoms with Crippen LogP contribution in [0.25, 0.3) is 0 Å². The van der Waals surface area contributed by atoms with Gasteiger partial charge in [0.25, 0.3) is 0 Å². The molecule has 2 aromatic carbocycles. The number of hydrogen-bond acceptors (Lipinski definition) is 2. The van der Waals surface area contributed by atoms with Crippen LogP contribution in [0.5, 0.6) is 5.75 Å². The van der Waals surface area contributed by atoms with Crippen molar-refractivity contribution in [3.63, 3.8) is 0 Å². The second kappa shape index (κ2) is 4.06. The third-order valence-corrected chi connectivity index (χ3v) is 3.23. The zero-order valence-electron chi connectivity index (χ0n) is 9.06. The summed E-state index contributed by atoms with van der Waals surface area (Å²) in [5, 5.41) is 11.0. The molecule has 86 valence electrons. The monoisotopic (exact) mass is 246 g/mol. The van der Waals surface area contributed by atoms with Gasteiger partial charge in [0.2, 0.25) is 0 Å². The van der Waals surface area contributed by atoms with Crippen LogP contribution >= 0.6 is 11.6 Å². The number of rotatable bonds is 0. The Morgan fingerprint density at radius 1 is 1.12 bits per heavy atom. The Morgan fingerprint density at radius 3 is 2.82 bits per heavy atom. The molecule has 0 aromatic heterocycles. The lowest BCUT2D eigenvalue weighted by molar-refractivity contribution is 0.218. The van der Waals surface area contributed by atoms with Gasteiger partial charge in [-0.1, -0.05) is 35.9 Å². The summed E-state index contributed by atoms with van der Waals surface area (Å²) < 4.78 is 5.68. The first kappa shape index (κ1) is 10.6. The molecule has 3 heteroatoms. The molecule has 1 atom stereocenters. The van der Waals surface area contributed by atoms with Crippen LogP contribution in [-0.2, 0) is 6.61 Å². The lowest BCUT2D eigenvalue weighted by atomic mass is 9.98. The van der Waals surface area contributed by atoms with Gasteiger partial charge in [-0.05, 0) is 29.3 Å². The van der Waals surface area contributed by atoms with Crippen LogP contribution in [0.4, 0.5) is 0 Å². The summed E-state index contributed by atoms with van der Waals surface area (Å²) in [5.41, 5.74) is 2.61. The van der Waals surface area contributed by atoms with Gasteiger partial charge in [-0.2, -0.15) is 0 Å². The topological polar surface area (TPSA) is 29.5 Å². The number of aliphatic hydroxyl groups is 1. The van der Waals surface area contributed by atoms with Crippen molar-refractivity contribution >= 4 is 11.6 Å². The summed E-state index contributed by atoms with van der Waals surface area (Å²) in [6.07, 6.45) is -0.678. The second-order valence-corrected chi connectivity index (χ2v) is 4.51. The minimum absolute atomic E-state index is 0.474. The van der Waals surface area contributed by atoms with Crippen molar-refractivity contribution in [1.82, 2.24) is 0 Å². The molecule has 2 nitrogen and oxygen atoms in total. The number of ether oxygens (including phenoxy) is 1. The Kier molecular flexibility index (Phi) is 2.54. The van der Waals surface area contributed by atoms with E-state index >= 15 is 0 Å². The normalized spacial score (nSPS) is 17.6. The molecule has 1 aliphatic heterocycles. The van der Waals surface area contributed by atoms with E-state index in [9.17, 15) is 5.11 Å². The summed E-state index contributed by atoms with van der Waals surface area (Å²) in [7, 11) is 0. The fraction of sp³-hybridized carbons (Fsp3) is 0.143. The number of hydrogen-bond donors (Lipinski definition) is 1. The predicted octanol–water partition coefficient (Wildman–Crippen LogP) is 3.31. The Balaban J connectivity index is 2.18. The standard InChI is InChI=1S/C14H11ClO2/c15-10-5-6-13-12(7-10)14(16)11-4-2-1-3-9(11)8-17-13/h1-7,14,16H,8H2. The molecule has 1 aliphatic rings. The Labute approximate surface area is 104 Å². The Hall–Kier alpha value is -1.51. The van der Waals surface area contributed by atoms with E-state index in [0.29, 0.717) is 17.4 Å². The van der Waals surface area contributed by atoms with Crippen LogP contribution < -0.4 is 4.74 Å². The zero-order valence-corrected chi connectivity index (χ0v) is 9.82. The minimum Gasteiger partial charge on any atom is -0.488 e. The fourth-order valence-corrected chi connectivity index (χ4v) is 2.30. The van der Waals surface area contributed by atoms with Gasteiger partial charge < -0.3 is 9.84 Å². The zero-order chi connectivity index (χ0) is 11.8. The van der Waals surface area contributed by atoms with Crippen molar-refractivity contribution < 1.29 is 9.84 Å². The van der Waals surface area contributed by atoms with E-state index in [4.69, 9.17) is 16.3 Å². The van der Waals surface area contributed by atoms with Gasteiger partial charge in [0, 0.05) is 10.6 Å². The van der Waals surface area contributed by atoms with E-state index in [1.165, 1.54) is 0 Å². The summed E-state index contributed by atoms with van der Waals surface area (Å²) in [5.74, 6) is 0.693. The molecule has 0 bridgehead atoms. The van der Waals surface area contributed by atoms with Crippen molar-refractivity contribution in [3.05, 3.63) is 64.2 Å². The van der Waals surface area contributed by atoms with Gasteiger partial charge in [0.1, 0.15) is 18.5 Å². The maximum absolute atomic E-state index is 10.4. The molecule has 0 saturated heterocycles. The van der Waals surface area contributed by atoms with Crippen molar-refractivity contribution in [3.8, 4) is 5.75 Å². The van der Waals surface area contributed by atoms with Crippen LogP contribution in [0.3, 0.4) is 0 Å². The summed E-state index contributed by atoms with van der Waals surface area (Å²) in [4.78, 5) is 0. The largest absolute Gasteiger partial charge is 0.488 e. The predicted molar refractivity (Wildman–Crippen MR) is 66.3 cm³/mol. The van der Waals surface area contributed by atoms with Crippen LogP contribution in [-0.4, -0.2) is 5.11 Å². The molecule has 0 fully saturated rings. The van der Waals surface area contributed by atoms with Gasteiger partial charge in [0.15, 0.2) is 0 Å². The molecule has 0 radical (unpaired) electrons. The average Bonchev–Trinajstić information content (AvgIpc) is 2.49.